The largest absolute Gasteiger partial charge is 0.399 e. The van der Waals surface area contributed by atoms with Crippen molar-refractivity contribution >= 4 is 17.3 Å². The molecule has 1 rings (SSSR count). The van der Waals surface area contributed by atoms with Gasteiger partial charge in [0.2, 0.25) is 0 Å². The minimum absolute atomic E-state index is 0.0925. The van der Waals surface area contributed by atoms with Crippen LogP contribution in [0.15, 0.2) is 18.2 Å². The van der Waals surface area contributed by atoms with Gasteiger partial charge < -0.3 is 11.5 Å². The van der Waals surface area contributed by atoms with Crippen molar-refractivity contribution in [3.05, 3.63) is 28.8 Å². The molecule has 3 heteroatoms. The van der Waals surface area contributed by atoms with E-state index in [1.165, 1.54) is 0 Å². The van der Waals surface area contributed by atoms with Crippen LogP contribution >= 0.6 is 11.6 Å². The third kappa shape index (κ3) is 2.14. The number of rotatable bonds is 2. The topological polar surface area (TPSA) is 52.0 Å². The van der Waals surface area contributed by atoms with E-state index in [9.17, 15) is 0 Å². The fraction of sp³-hybridized carbons (Fsp3) is 0.400. The van der Waals surface area contributed by atoms with Gasteiger partial charge in [0.1, 0.15) is 0 Å². The number of nitrogens with two attached hydrogens (primary N) is 2. The van der Waals surface area contributed by atoms with E-state index in [1.807, 2.05) is 12.1 Å². The fourth-order valence-corrected chi connectivity index (χ4v) is 1.63. The zero-order valence-electron chi connectivity index (χ0n) is 7.97. The lowest BCUT2D eigenvalue weighted by atomic mass is 9.85. The molecule has 13 heavy (non-hydrogen) atoms. The van der Waals surface area contributed by atoms with Crippen LogP contribution in [0.1, 0.15) is 19.4 Å². The molecule has 0 unspecified atom stereocenters. The average molecular weight is 199 g/mol. The Balaban J connectivity index is 3.16. The van der Waals surface area contributed by atoms with Crippen molar-refractivity contribution in [3.63, 3.8) is 0 Å². The van der Waals surface area contributed by atoms with Crippen molar-refractivity contribution in [2.24, 2.45) is 5.73 Å². The maximum atomic E-state index is 6.06. The second kappa shape index (κ2) is 3.56. The Bertz CT molecular complexity index is 308. The zero-order valence-corrected chi connectivity index (χ0v) is 8.73. The van der Waals surface area contributed by atoms with Gasteiger partial charge in [-0.15, -0.1) is 0 Å². The maximum absolute atomic E-state index is 6.06. The number of nitrogen functional groups attached to an aromatic ring is 1. The van der Waals surface area contributed by atoms with Crippen LogP contribution in [0.25, 0.3) is 0 Å². The molecule has 0 amide bonds. The van der Waals surface area contributed by atoms with Crippen molar-refractivity contribution < 1.29 is 0 Å². The van der Waals surface area contributed by atoms with Gasteiger partial charge in [-0.2, -0.15) is 0 Å². The normalized spacial score (nSPS) is 11.7. The van der Waals surface area contributed by atoms with Crippen LogP contribution in [0.3, 0.4) is 0 Å². The minimum Gasteiger partial charge on any atom is -0.399 e. The molecular formula is C10H15ClN2. The molecule has 0 aliphatic carbocycles. The molecule has 72 valence electrons. The van der Waals surface area contributed by atoms with Crippen LogP contribution in [-0.2, 0) is 5.41 Å². The SMILES string of the molecule is CC(C)(CN)c1ccc(N)cc1Cl. The summed E-state index contributed by atoms with van der Waals surface area (Å²) in [5.41, 5.74) is 12.9. The summed E-state index contributed by atoms with van der Waals surface area (Å²) in [6, 6.07) is 5.54. The molecule has 2 nitrogen and oxygen atoms in total. The van der Waals surface area contributed by atoms with E-state index in [2.05, 4.69) is 13.8 Å². The van der Waals surface area contributed by atoms with Gasteiger partial charge in [0.05, 0.1) is 0 Å². The van der Waals surface area contributed by atoms with E-state index in [4.69, 9.17) is 23.1 Å². The van der Waals surface area contributed by atoms with Crippen LogP contribution in [-0.4, -0.2) is 6.54 Å². The molecule has 0 aliphatic heterocycles. The van der Waals surface area contributed by atoms with Gasteiger partial charge in [-0.05, 0) is 17.7 Å². The zero-order chi connectivity index (χ0) is 10.1. The van der Waals surface area contributed by atoms with Gasteiger partial charge in [0.15, 0.2) is 0 Å². The van der Waals surface area contributed by atoms with Gasteiger partial charge in [0.25, 0.3) is 0 Å². The maximum Gasteiger partial charge on any atom is 0.0464 e. The fourth-order valence-electron chi connectivity index (χ4n) is 1.19. The van der Waals surface area contributed by atoms with Crippen LogP contribution in [0.2, 0.25) is 5.02 Å². The van der Waals surface area contributed by atoms with Gasteiger partial charge in [0, 0.05) is 22.7 Å². The second-order valence-electron chi connectivity index (χ2n) is 3.83. The second-order valence-corrected chi connectivity index (χ2v) is 4.23. The monoisotopic (exact) mass is 198 g/mol. The number of benzene rings is 1. The van der Waals surface area contributed by atoms with Crippen LogP contribution in [0.4, 0.5) is 5.69 Å². The molecule has 0 atom stereocenters. The Morgan fingerprint density at radius 3 is 2.46 bits per heavy atom. The lowest BCUT2D eigenvalue weighted by Crippen LogP contribution is -2.28. The van der Waals surface area contributed by atoms with E-state index in [1.54, 1.807) is 6.07 Å². The molecule has 0 spiro atoms. The molecule has 4 N–H and O–H groups in total. The molecule has 0 bridgehead atoms. The van der Waals surface area contributed by atoms with Crippen LogP contribution in [0.5, 0.6) is 0 Å². The molecule has 0 radical (unpaired) electrons. The highest BCUT2D eigenvalue weighted by atomic mass is 35.5. The van der Waals surface area contributed by atoms with Crippen LogP contribution in [0, 0.1) is 0 Å². The lowest BCUT2D eigenvalue weighted by molar-refractivity contribution is 0.539. The summed E-state index contributed by atoms with van der Waals surface area (Å²) in [6.07, 6.45) is 0. The molecule has 1 aromatic rings. The van der Waals surface area contributed by atoms with E-state index < -0.39 is 0 Å². The molecule has 0 heterocycles. The van der Waals surface area contributed by atoms with E-state index in [-0.39, 0.29) is 5.41 Å². The number of hydrogen-bond acceptors (Lipinski definition) is 2. The molecule has 0 saturated carbocycles. The summed E-state index contributed by atoms with van der Waals surface area (Å²) in [5, 5.41) is 0.690. The van der Waals surface area contributed by atoms with Gasteiger partial charge >= 0.3 is 0 Å². The van der Waals surface area contributed by atoms with E-state index in [0.29, 0.717) is 17.3 Å². The molecular weight excluding hydrogens is 184 g/mol. The Morgan fingerprint density at radius 2 is 2.00 bits per heavy atom. The quantitative estimate of drug-likeness (QED) is 0.716. The first kappa shape index (κ1) is 10.4. The summed E-state index contributed by atoms with van der Waals surface area (Å²) >= 11 is 6.06. The summed E-state index contributed by atoms with van der Waals surface area (Å²) in [4.78, 5) is 0. The molecule has 0 fully saturated rings. The Kier molecular flexibility index (Phi) is 2.84. The Labute approximate surface area is 83.9 Å². The Hall–Kier alpha value is -0.730. The van der Waals surface area contributed by atoms with Crippen molar-refractivity contribution in [2.45, 2.75) is 19.3 Å². The smallest absolute Gasteiger partial charge is 0.0464 e. The number of hydrogen-bond donors (Lipinski definition) is 2. The van der Waals surface area contributed by atoms with Gasteiger partial charge in [-0.3, -0.25) is 0 Å². The summed E-state index contributed by atoms with van der Waals surface area (Å²) in [5.74, 6) is 0. The first-order valence-corrected chi connectivity index (χ1v) is 4.61. The molecule has 0 aliphatic rings. The highest BCUT2D eigenvalue weighted by molar-refractivity contribution is 6.31. The highest BCUT2D eigenvalue weighted by Crippen LogP contribution is 2.30. The van der Waals surface area contributed by atoms with E-state index >= 15 is 0 Å². The lowest BCUT2D eigenvalue weighted by Gasteiger charge is -2.24. The number of halogens is 1. The molecule has 1 aromatic carbocycles. The molecule has 0 aromatic heterocycles. The first-order valence-electron chi connectivity index (χ1n) is 4.23. The number of anilines is 1. The highest BCUT2D eigenvalue weighted by Gasteiger charge is 2.21. The van der Waals surface area contributed by atoms with Gasteiger partial charge in [-0.25, -0.2) is 0 Å². The predicted octanol–water partition coefficient (Wildman–Crippen LogP) is 2.16. The third-order valence-corrected chi connectivity index (χ3v) is 2.55. The predicted molar refractivity (Wildman–Crippen MR) is 57.9 cm³/mol. The third-order valence-electron chi connectivity index (χ3n) is 2.23. The van der Waals surface area contributed by atoms with Crippen molar-refractivity contribution in [3.8, 4) is 0 Å². The minimum atomic E-state index is -0.0925. The standard InChI is InChI=1S/C10H15ClN2/c1-10(2,6-12)8-4-3-7(13)5-9(8)11/h3-5H,6,12-13H2,1-2H3. The summed E-state index contributed by atoms with van der Waals surface area (Å²) in [7, 11) is 0. The van der Waals surface area contributed by atoms with Crippen molar-refractivity contribution in [1.82, 2.24) is 0 Å². The Morgan fingerprint density at radius 1 is 1.38 bits per heavy atom. The summed E-state index contributed by atoms with van der Waals surface area (Å²) in [6.45, 7) is 4.69. The van der Waals surface area contributed by atoms with E-state index in [0.717, 1.165) is 5.56 Å². The van der Waals surface area contributed by atoms with Crippen molar-refractivity contribution in [2.75, 3.05) is 12.3 Å². The average Bonchev–Trinajstić information content (AvgIpc) is 2.03. The first-order chi connectivity index (χ1) is 5.97. The molecule has 0 saturated heterocycles. The van der Waals surface area contributed by atoms with Crippen molar-refractivity contribution in [1.29, 1.82) is 0 Å². The summed E-state index contributed by atoms with van der Waals surface area (Å²) < 4.78 is 0. The van der Waals surface area contributed by atoms with Crippen LogP contribution < -0.4 is 11.5 Å². The van der Waals surface area contributed by atoms with Gasteiger partial charge in [-0.1, -0.05) is 31.5 Å².